The topological polar surface area (TPSA) is 61.8 Å². The highest BCUT2D eigenvalue weighted by molar-refractivity contribution is 7.98. The van der Waals surface area contributed by atoms with E-state index in [1.165, 1.54) is 30.4 Å². The van der Waals surface area contributed by atoms with Gasteiger partial charge in [-0.3, -0.25) is 9.52 Å². The molecule has 230 valence electrons. The summed E-state index contributed by atoms with van der Waals surface area (Å²) in [5, 5.41) is 12.4. The lowest BCUT2D eigenvalue weighted by Gasteiger charge is -2.45. The predicted molar refractivity (Wildman–Crippen MR) is 176 cm³/mol. The number of anilines is 1. The maximum absolute atomic E-state index is 13.6. The molecule has 1 spiro atoms. The van der Waals surface area contributed by atoms with Gasteiger partial charge in [0.2, 0.25) is 0 Å². The highest BCUT2D eigenvalue weighted by Gasteiger charge is 2.44. The number of rotatable bonds is 2. The molecule has 2 aromatic rings. The van der Waals surface area contributed by atoms with Gasteiger partial charge in [0.05, 0.1) is 18.4 Å². The van der Waals surface area contributed by atoms with E-state index in [0.717, 1.165) is 80.4 Å². The molecule has 0 radical (unpaired) electrons. The van der Waals surface area contributed by atoms with Crippen LogP contribution in [-0.4, -0.2) is 42.1 Å². The maximum Gasteiger partial charge on any atom is 0.261 e. The van der Waals surface area contributed by atoms with Crippen molar-refractivity contribution in [2.75, 3.05) is 24.6 Å². The van der Waals surface area contributed by atoms with Crippen LogP contribution in [0.4, 0.5) is 5.69 Å². The van der Waals surface area contributed by atoms with Crippen LogP contribution in [0.3, 0.4) is 0 Å². The van der Waals surface area contributed by atoms with Crippen LogP contribution < -0.4 is 14.4 Å². The van der Waals surface area contributed by atoms with Crippen molar-refractivity contribution in [1.29, 1.82) is 0 Å². The average molecular weight is 621 g/mol. The van der Waals surface area contributed by atoms with Gasteiger partial charge in [-0.25, -0.2) is 0 Å². The first-order chi connectivity index (χ1) is 20.9. The number of hydrogen-bond donors (Lipinski definition) is 2. The van der Waals surface area contributed by atoms with Crippen molar-refractivity contribution in [1.82, 2.24) is 4.72 Å². The Morgan fingerprint density at radius 1 is 1.14 bits per heavy atom. The van der Waals surface area contributed by atoms with Crippen LogP contribution in [0, 0.1) is 23.7 Å². The molecule has 0 unspecified atom stereocenters. The minimum absolute atomic E-state index is 0.0326. The first kappa shape index (κ1) is 29.6. The van der Waals surface area contributed by atoms with Crippen molar-refractivity contribution >= 4 is 35.1 Å². The van der Waals surface area contributed by atoms with Crippen LogP contribution in [0.15, 0.2) is 48.6 Å². The van der Waals surface area contributed by atoms with E-state index in [1.54, 1.807) is 11.9 Å². The second kappa shape index (κ2) is 12.3. The number of halogens is 1. The number of aliphatic hydroxyl groups excluding tert-OH is 1. The Kier molecular flexibility index (Phi) is 8.47. The van der Waals surface area contributed by atoms with Crippen LogP contribution in [0.2, 0.25) is 5.02 Å². The Bertz CT molecular complexity index is 1380. The van der Waals surface area contributed by atoms with E-state index in [-0.39, 0.29) is 17.2 Å². The molecule has 43 heavy (non-hydrogen) atoms. The van der Waals surface area contributed by atoms with Crippen molar-refractivity contribution in [2.45, 2.75) is 87.9 Å². The zero-order valence-corrected chi connectivity index (χ0v) is 26.8. The molecule has 6 atom stereocenters. The standard InChI is InChI=1S/C36H45ClN2O3S/c1-23-5-2-9-32(40)29-13-10-27(29)20-39-21-36(16-4-8-25-18-28(37)12-14-30(25)36)22-42-33-15-11-26(19-31(33)39)35(41)38-43-34(23)17-24-6-3-7-24/h2,9,11-12,14-15,18-19,23-24,27,29,32,34,40H,3-8,10,13,16-17,20-22H2,1H3,(H,38,41)/b9-2-/t23-,27-,29+,32-,34+,36-/m0/s1. The summed E-state index contributed by atoms with van der Waals surface area (Å²) in [4.78, 5) is 16.1. The van der Waals surface area contributed by atoms with Crippen molar-refractivity contribution in [3.8, 4) is 5.75 Å². The van der Waals surface area contributed by atoms with E-state index in [0.29, 0.717) is 29.3 Å². The molecule has 0 aromatic heterocycles. The molecule has 7 heteroatoms. The van der Waals surface area contributed by atoms with Crippen LogP contribution in [0.25, 0.3) is 0 Å². The summed E-state index contributed by atoms with van der Waals surface area (Å²) in [6, 6.07) is 12.3. The molecule has 2 bridgehead atoms. The zero-order chi connectivity index (χ0) is 29.6. The zero-order valence-electron chi connectivity index (χ0n) is 25.3. The Hall–Kier alpha value is -2.15. The number of carbonyl (C=O) groups excluding carboxylic acids is 1. The number of carbonyl (C=O) groups is 1. The molecule has 5 nitrogen and oxygen atoms in total. The second-order valence-corrected chi connectivity index (χ2v) is 15.5. The fourth-order valence-corrected chi connectivity index (χ4v) is 9.46. The van der Waals surface area contributed by atoms with Gasteiger partial charge in [-0.05, 0) is 122 Å². The third kappa shape index (κ3) is 5.96. The molecule has 7 rings (SSSR count). The van der Waals surface area contributed by atoms with Crippen molar-refractivity contribution in [3.05, 3.63) is 70.3 Å². The first-order valence-electron chi connectivity index (χ1n) is 16.5. The molecular weight excluding hydrogens is 576 g/mol. The number of aliphatic hydroxyl groups is 1. The monoisotopic (exact) mass is 620 g/mol. The molecular formula is C36H45ClN2O3S. The molecule has 2 aliphatic heterocycles. The summed E-state index contributed by atoms with van der Waals surface area (Å²) in [6.07, 6.45) is 15.2. The smallest absolute Gasteiger partial charge is 0.261 e. The van der Waals surface area contributed by atoms with Gasteiger partial charge in [0.15, 0.2) is 0 Å². The third-order valence-electron chi connectivity index (χ3n) is 11.2. The second-order valence-electron chi connectivity index (χ2n) is 14.0. The van der Waals surface area contributed by atoms with Gasteiger partial charge < -0.3 is 14.7 Å². The number of allylic oxidation sites excluding steroid dienone is 1. The number of aryl methyl sites for hydroxylation is 1. The van der Waals surface area contributed by atoms with Gasteiger partial charge in [0, 0.05) is 34.3 Å². The van der Waals surface area contributed by atoms with Crippen LogP contribution in [-0.2, 0) is 11.8 Å². The summed E-state index contributed by atoms with van der Waals surface area (Å²) in [6.45, 7) is 4.56. The van der Waals surface area contributed by atoms with Crippen LogP contribution >= 0.6 is 23.5 Å². The number of fused-ring (bicyclic) bond motifs is 4. The van der Waals surface area contributed by atoms with Crippen LogP contribution in [0.5, 0.6) is 5.75 Å². The fourth-order valence-electron chi connectivity index (χ4n) is 8.18. The van der Waals surface area contributed by atoms with Gasteiger partial charge in [0.1, 0.15) is 5.75 Å². The van der Waals surface area contributed by atoms with Crippen LogP contribution in [0.1, 0.15) is 86.2 Å². The summed E-state index contributed by atoms with van der Waals surface area (Å²) in [5.74, 6) is 2.64. The summed E-state index contributed by atoms with van der Waals surface area (Å²) in [5.41, 5.74) is 4.19. The fraction of sp³-hybridized carbons (Fsp3) is 0.583. The Morgan fingerprint density at radius 2 is 2.02 bits per heavy atom. The molecule has 2 fully saturated rings. The lowest BCUT2D eigenvalue weighted by molar-refractivity contribution is 0.0455. The SMILES string of the molecule is C[C@H]1C/C=C\[C@H](O)[C@@H]2CC[C@H]2CN2C[C@@]3(CCCc4cc(Cl)ccc43)COc3ccc(cc32)C(=O)NS[C@@H]1CC1CCC1. The molecule has 2 heterocycles. The maximum atomic E-state index is 13.6. The van der Waals surface area contributed by atoms with E-state index in [4.69, 9.17) is 16.3 Å². The minimum atomic E-state index is -0.420. The van der Waals surface area contributed by atoms with Gasteiger partial charge in [-0.1, -0.05) is 56.0 Å². The number of benzene rings is 2. The predicted octanol–water partition coefficient (Wildman–Crippen LogP) is 7.73. The third-order valence-corrected chi connectivity index (χ3v) is 12.7. The number of nitrogens with zero attached hydrogens (tertiary/aromatic N) is 1. The van der Waals surface area contributed by atoms with Crippen molar-refractivity contribution < 1.29 is 14.6 Å². The summed E-state index contributed by atoms with van der Waals surface area (Å²) in [7, 11) is 0. The number of ether oxygens (including phenoxy) is 1. The lowest BCUT2D eigenvalue weighted by atomic mass is 9.68. The highest BCUT2D eigenvalue weighted by atomic mass is 35.5. The van der Waals surface area contributed by atoms with Crippen molar-refractivity contribution in [2.24, 2.45) is 23.7 Å². The molecule has 0 saturated heterocycles. The van der Waals surface area contributed by atoms with Gasteiger partial charge >= 0.3 is 0 Å². The molecule has 2 saturated carbocycles. The van der Waals surface area contributed by atoms with E-state index < -0.39 is 6.10 Å². The van der Waals surface area contributed by atoms with E-state index in [9.17, 15) is 9.90 Å². The van der Waals surface area contributed by atoms with E-state index in [2.05, 4.69) is 46.9 Å². The largest absolute Gasteiger partial charge is 0.490 e. The Morgan fingerprint density at radius 3 is 2.81 bits per heavy atom. The quantitative estimate of drug-likeness (QED) is 0.266. The number of amides is 1. The highest BCUT2D eigenvalue weighted by Crippen LogP contribution is 2.47. The number of nitrogens with one attached hydrogen (secondary N) is 1. The Labute approximate surface area is 265 Å². The molecule has 5 aliphatic rings. The minimum Gasteiger partial charge on any atom is -0.490 e. The van der Waals surface area contributed by atoms with Crippen molar-refractivity contribution in [3.63, 3.8) is 0 Å². The normalized spacial score (nSPS) is 33.6. The Balaban J connectivity index is 1.23. The molecule has 3 aliphatic carbocycles. The summed E-state index contributed by atoms with van der Waals surface area (Å²) < 4.78 is 9.89. The van der Waals surface area contributed by atoms with E-state index in [1.807, 2.05) is 18.2 Å². The van der Waals surface area contributed by atoms with Gasteiger partial charge in [-0.15, -0.1) is 0 Å². The number of hydrogen-bond acceptors (Lipinski definition) is 5. The lowest BCUT2D eigenvalue weighted by Crippen LogP contribution is -2.49. The molecule has 2 N–H and O–H groups in total. The van der Waals surface area contributed by atoms with E-state index >= 15 is 0 Å². The average Bonchev–Trinajstić information content (AvgIpc) is 3.10. The molecule has 1 amide bonds. The van der Waals surface area contributed by atoms with Gasteiger partial charge in [0.25, 0.3) is 5.91 Å². The first-order valence-corrected chi connectivity index (χ1v) is 17.8. The summed E-state index contributed by atoms with van der Waals surface area (Å²) >= 11 is 8.04. The molecule has 2 aromatic carbocycles. The van der Waals surface area contributed by atoms with Gasteiger partial charge in [-0.2, -0.15) is 0 Å².